The van der Waals surface area contributed by atoms with Crippen LogP contribution in [-0.2, 0) is 32.0 Å². The van der Waals surface area contributed by atoms with Gasteiger partial charge < -0.3 is 14.8 Å². The van der Waals surface area contributed by atoms with E-state index in [-0.39, 0.29) is 23.1 Å². The molecule has 216 valence electrons. The van der Waals surface area contributed by atoms with Crippen LogP contribution in [0.25, 0.3) is 0 Å². The lowest BCUT2D eigenvalue weighted by Crippen LogP contribution is -2.40. The minimum absolute atomic E-state index is 0.180. The van der Waals surface area contributed by atoms with Gasteiger partial charge in [-0.15, -0.1) is 0 Å². The van der Waals surface area contributed by atoms with Gasteiger partial charge in [0.25, 0.3) is 0 Å². The summed E-state index contributed by atoms with van der Waals surface area (Å²) in [7, 11) is -3.84. The van der Waals surface area contributed by atoms with Gasteiger partial charge in [-0.3, -0.25) is 9.52 Å². The van der Waals surface area contributed by atoms with Crippen molar-refractivity contribution in [3.8, 4) is 5.88 Å². The number of amides is 1. The van der Waals surface area contributed by atoms with Gasteiger partial charge in [-0.05, 0) is 49.5 Å². The first-order valence-corrected chi connectivity index (χ1v) is 13.2. The number of hydrogen-bond acceptors (Lipinski definition) is 7. The predicted octanol–water partition coefficient (Wildman–Crippen LogP) is 5.28. The molecule has 3 aromatic rings. The Balaban J connectivity index is 1.74. The summed E-state index contributed by atoms with van der Waals surface area (Å²) in [5.41, 5.74) is -0.165. The van der Waals surface area contributed by atoms with Gasteiger partial charge in [0.2, 0.25) is 11.8 Å². The molecule has 8 nitrogen and oxygen atoms in total. The fourth-order valence-electron chi connectivity index (χ4n) is 3.07. The first-order valence-electron chi connectivity index (χ1n) is 11.5. The summed E-state index contributed by atoms with van der Waals surface area (Å²) in [5.74, 6) is -0.321. The normalized spacial score (nSPS) is 15.0. The molecule has 0 aliphatic carbocycles. The van der Waals surface area contributed by atoms with E-state index in [4.69, 9.17) is 9.47 Å². The first-order chi connectivity index (χ1) is 18.6. The zero-order valence-electron chi connectivity index (χ0n) is 21.0. The van der Waals surface area contributed by atoms with Crippen LogP contribution in [0.1, 0.15) is 25.0 Å². The second-order valence-electron chi connectivity index (χ2n) is 8.49. The molecule has 2 N–H and O–H groups in total. The molecule has 2 aromatic carbocycles. The van der Waals surface area contributed by atoms with Crippen molar-refractivity contribution < 1.29 is 44.8 Å². The van der Waals surface area contributed by atoms with Crippen molar-refractivity contribution >= 4 is 33.1 Å². The third kappa shape index (κ3) is 8.32. The molecule has 15 heteroatoms. The summed E-state index contributed by atoms with van der Waals surface area (Å²) < 4.78 is 103. The lowest BCUT2D eigenvalue weighted by molar-refractivity contribution is -0.171. The Kier molecular flexibility index (Phi) is 9.30. The van der Waals surface area contributed by atoms with Crippen LogP contribution in [0.4, 0.5) is 38.0 Å². The second kappa shape index (κ2) is 12.1. The molecule has 3 rings (SSSR count). The fraction of sp³-hybridized carbons (Fsp3) is 0.280. The van der Waals surface area contributed by atoms with E-state index in [9.17, 15) is 35.3 Å². The number of ether oxygens (including phenoxy) is 2. The van der Waals surface area contributed by atoms with Gasteiger partial charge in [0.15, 0.2) is 0 Å². The van der Waals surface area contributed by atoms with Crippen LogP contribution in [-0.4, -0.2) is 44.3 Å². The number of nitrogens with zero attached hydrogens (tertiary/aromatic N) is 2. The number of benzene rings is 2. The zero-order chi connectivity index (χ0) is 29.7. The molecule has 0 saturated heterocycles. The van der Waals surface area contributed by atoms with Crippen molar-refractivity contribution in [2.24, 2.45) is 0 Å². The summed E-state index contributed by atoms with van der Waals surface area (Å²) in [6.45, 7) is 3.38. The van der Waals surface area contributed by atoms with E-state index in [0.29, 0.717) is 6.20 Å². The molecule has 3 atom stereocenters. The Morgan fingerprint density at radius 1 is 1.00 bits per heavy atom. The van der Waals surface area contributed by atoms with Crippen LogP contribution in [0.5, 0.6) is 5.88 Å². The average Bonchev–Trinajstić information content (AvgIpc) is 2.87. The number of alkyl halides is 6. The Hall–Kier alpha value is -3.85. The SMILES string of the molecule is C=S(=O)(NC(=O)C(F)(F)F)c1ccc(Nc2ncc(C(F)(F)F)c(OC(C)[C@@H](C)OCc3ccccc3)n2)cc1. The lowest BCUT2D eigenvalue weighted by Gasteiger charge is -2.23. The molecule has 0 spiro atoms. The molecule has 0 aliphatic rings. The molecule has 0 aliphatic heterocycles. The van der Waals surface area contributed by atoms with Crippen molar-refractivity contribution in [1.29, 1.82) is 0 Å². The molecule has 0 radical (unpaired) electrons. The number of anilines is 2. The van der Waals surface area contributed by atoms with Crippen molar-refractivity contribution in [3.05, 3.63) is 71.9 Å². The molecule has 1 aromatic heterocycles. The number of nitrogens with one attached hydrogen (secondary N) is 2. The second-order valence-corrected chi connectivity index (χ2v) is 10.5. The third-order valence-electron chi connectivity index (χ3n) is 5.38. The van der Waals surface area contributed by atoms with Gasteiger partial charge in [-0.2, -0.15) is 31.3 Å². The summed E-state index contributed by atoms with van der Waals surface area (Å²) >= 11 is 0. The van der Waals surface area contributed by atoms with Crippen LogP contribution >= 0.6 is 0 Å². The number of halogens is 6. The first kappa shape index (κ1) is 30.7. The summed E-state index contributed by atoms with van der Waals surface area (Å²) in [4.78, 5) is 18.4. The number of rotatable bonds is 10. The quantitative estimate of drug-likeness (QED) is 0.245. The number of carbonyl (C=O) groups is 1. The maximum absolute atomic E-state index is 13.6. The molecule has 0 fully saturated rings. The van der Waals surface area contributed by atoms with Crippen molar-refractivity contribution in [1.82, 2.24) is 14.7 Å². The van der Waals surface area contributed by atoms with E-state index < -0.39 is 51.6 Å². The van der Waals surface area contributed by atoms with E-state index in [1.807, 2.05) is 30.3 Å². The lowest BCUT2D eigenvalue weighted by atomic mass is 10.2. The number of carbonyl (C=O) groups excluding carboxylic acids is 1. The minimum atomic E-state index is -5.26. The molecule has 0 bridgehead atoms. The maximum atomic E-state index is 13.6. The van der Waals surface area contributed by atoms with Crippen LogP contribution in [0, 0.1) is 0 Å². The topological polar surface area (TPSA) is 102 Å². The Morgan fingerprint density at radius 2 is 1.62 bits per heavy atom. The van der Waals surface area contributed by atoms with Crippen molar-refractivity contribution in [2.75, 3.05) is 5.32 Å². The Bertz CT molecular complexity index is 1420. The van der Waals surface area contributed by atoms with Crippen LogP contribution in [0.15, 0.2) is 65.7 Å². The van der Waals surface area contributed by atoms with Gasteiger partial charge in [-0.25, -0.2) is 9.19 Å². The minimum Gasteiger partial charge on any atom is -0.471 e. The van der Waals surface area contributed by atoms with E-state index in [1.54, 1.807) is 6.92 Å². The highest BCUT2D eigenvalue weighted by atomic mass is 32.2. The predicted molar refractivity (Wildman–Crippen MR) is 135 cm³/mol. The largest absolute Gasteiger partial charge is 0.472 e. The molecular weight excluding hydrogens is 566 g/mol. The van der Waals surface area contributed by atoms with Crippen LogP contribution < -0.4 is 14.8 Å². The van der Waals surface area contributed by atoms with E-state index in [0.717, 1.165) is 17.7 Å². The van der Waals surface area contributed by atoms with Crippen LogP contribution in [0.2, 0.25) is 0 Å². The van der Waals surface area contributed by atoms with Gasteiger partial charge in [0.05, 0.1) is 22.4 Å². The van der Waals surface area contributed by atoms with Crippen molar-refractivity contribution in [3.63, 3.8) is 0 Å². The van der Waals surface area contributed by atoms with Gasteiger partial charge in [0, 0.05) is 16.8 Å². The Labute approximate surface area is 225 Å². The smallest absolute Gasteiger partial charge is 0.471 e. The number of hydrogen-bond donors (Lipinski definition) is 2. The summed E-state index contributed by atoms with van der Waals surface area (Å²) in [6.07, 6.45) is -11.0. The summed E-state index contributed by atoms with van der Waals surface area (Å²) in [5, 5.41) is 2.63. The highest BCUT2D eigenvalue weighted by Crippen LogP contribution is 2.36. The van der Waals surface area contributed by atoms with Crippen molar-refractivity contribution in [2.45, 2.75) is 49.9 Å². The Morgan fingerprint density at radius 3 is 2.20 bits per heavy atom. The van der Waals surface area contributed by atoms with E-state index in [1.165, 1.54) is 23.8 Å². The molecule has 1 heterocycles. The summed E-state index contributed by atoms with van der Waals surface area (Å²) in [6, 6.07) is 13.9. The molecule has 0 saturated carbocycles. The highest BCUT2D eigenvalue weighted by molar-refractivity contribution is 7.99. The van der Waals surface area contributed by atoms with Gasteiger partial charge in [0.1, 0.15) is 11.7 Å². The third-order valence-corrected chi connectivity index (χ3v) is 6.93. The highest BCUT2D eigenvalue weighted by Gasteiger charge is 2.40. The standard InChI is InChI=1S/C25H24F6N4O4S/c1-15(38-14-17-7-5-4-6-8-17)16(2)39-21-20(24(26,27)28)13-32-23(34-21)33-18-9-11-19(12-10-18)40(3,37)35-22(36)25(29,30)31/h4-13,15-16H,3,14H2,1-2H3,(H,32,33,34)(H,35,36,37)/t15-,16?,40?/m1/s1. The van der Waals surface area contributed by atoms with E-state index >= 15 is 0 Å². The number of aromatic nitrogens is 2. The fourth-order valence-corrected chi connectivity index (χ4v) is 4.18. The monoisotopic (exact) mass is 590 g/mol. The molecular formula is C25H24F6N4O4S. The molecule has 40 heavy (non-hydrogen) atoms. The molecule has 2 unspecified atom stereocenters. The van der Waals surface area contributed by atoms with Gasteiger partial charge in [-0.1, -0.05) is 30.3 Å². The maximum Gasteiger partial charge on any atom is 0.472 e. The zero-order valence-corrected chi connectivity index (χ0v) is 21.9. The van der Waals surface area contributed by atoms with Crippen LogP contribution in [0.3, 0.4) is 0 Å². The van der Waals surface area contributed by atoms with E-state index in [2.05, 4.69) is 21.2 Å². The average molecular weight is 591 g/mol. The molecule has 1 amide bonds. The van der Waals surface area contributed by atoms with Gasteiger partial charge >= 0.3 is 18.3 Å².